The summed E-state index contributed by atoms with van der Waals surface area (Å²) < 4.78 is 0. The highest BCUT2D eigenvalue weighted by Crippen LogP contribution is 2.35. The van der Waals surface area contributed by atoms with Crippen LogP contribution in [0, 0.1) is 6.92 Å². The van der Waals surface area contributed by atoms with Gasteiger partial charge in [0.25, 0.3) is 5.91 Å². The molecule has 168 valence electrons. The first-order valence-electron chi connectivity index (χ1n) is 11.4. The number of carbonyl (C=O) groups excluding carboxylic acids is 2. The number of pyridine rings is 1. The fourth-order valence-corrected chi connectivity index (χ4v) is 5.12. The van der Waals surface area contributed by atoms with Crippen molar-refractivity contribution in [2.75, 3.05) is 54.9 Å². The number of hydrogen-bond donors (Lipinski definition) is 2. The number of piperazine rings is 1. The molecule has 2 saturated heterocycles. The molecule has 0 saturated carbocycles. The van der Waals surface area contributed by atoms with Crippen LogP contribution in [-0.4, -0.2) is 67.5 Å². The van der Waals surface area contributed by atoms with Gasteiger partial charge in [-0.1, -0.05) is 0 Å². The molecule has 8 heteroatoms. The van der Waals surface area contributed by atoms with Gasteiger partial charge in [-0.25, -0.2) is 4.98 Å². The van der Waals surface area contributed by atoms with Crippen LogP contribution in [0.15, 0.2) is 30.5 Å². The molecule has 1 aromatic heterocycles. The molecule has 2 N–H and O–H groups in total. The van der Waals surface area contributed by atoms with E-state index in [1.807, 2.05) is 18.3 Å². The summed E-state index contributed by atoms with van der Waals surface area (Å²) in [4.78, 5) is 35.9. The average molecular weight is 435 g/mol. The van der Waals surface area contributed by atoms with Gasteiger partial charge in [-0.2, -0.15) is 0 Å². The number of carbonyl (C=O) groups is 2. The second-order valence-corrected chi connectivity index (χ2v) is 8.90. The van der Waals surface area contributed by atoms with Crippen LogP contribution in [0.2, 0.25) is 0 Å². The minimum absolute atomic E-state index is 0.0530. The maximum absolute atomic E-state index is 12.4. The van der Waals surface area contributed by atoms with Crippen LogP contribution in [0.3, 0.4) is 0 Å². The zero-order chi connectivity index (χ0) is 22.2. The Morgan fingerprint density at radius 3 is 2.75 bits per heavy atom. The number of nitrogens with zero attached hydrogens (tertiary/aromatic N) is 4. The van der Waals surface area contributed by atoms with Gasteiger partial charge in [0.2, 0.25) is 5.91 Å². The molecule has 0 aliphatic carbocycles. The third kappa shape index (κ3) is 3.79. The highest BCUT2D eigenvalue weighted by Gasteiger charge is 2.37. The van der Waals surface area contributed by atoms with Crippen LogP contribution < -0.4 is 20.4 Å². The van der Waals surface area contributed by atoms with Gasteiger partial charge < -0.3 is 20.4 Å². The van der Waals surface area contributed by atoms with Crippen molar-refractivity contribution in [3.05, 3.63) is 47.2 Å². The van der Waals surface area contributed by atoms with Crippen molar-refractivity contribution in [2.24, 2.45) is 0 Å². The smallest absolute Gasteiger partial charge is 0.251 e. The average Bonchev–Trinajstić information content (AvgIpc) is 3.30. The molecule has 2 aromatic rings. The number of aryl methyl sites for hydroxylation is 1. The molecule has 3 aliphatic rings. The molecule has 4 heterocycles. The Labute approximate surface area is 188 Å². The van der Waals surface area contributed by atoms with Crippen molar-refractivity contribution in [1.29, 1.82) is 0 Å². The molecule has 8 nitrogen and oxygen atoms in total. The maximum atomic E-state index is 12.4. The molecule has 5 rings (SSSR count). The van der Waals surface area contributed by atoms with E-state index in [-0.39, 0.29) is 17.9 Å². The summed E-state index contributed by atoms with van der Waals surface area (Å²) in [5, 5.41) is 5.74. The van der Waals surface area contributed by atoms with Crippen molar-refractivity contribution in [2.45, 2.75) is 32.4 Å². The first kappa shape index (κ1) is 20.8. The Hall–Kier alpha value is -3.13. The summed E-state index contributed by atoms with van der Waals surface area (Å²) in [6, 6.07) is 7.94. The van der Waals surface area contributed by atoms with Gasteiger partial charge in [-0.15, -0.1) is 0 Å². The van der Waals surface area contributed by atoms with E-state index in [4.69, 9.17) is 4.98 Å². The van der Waals surface area contributed by atoms with Gasteiger partial charge in [0.05, 0.1) is 5.69 Å². The summed E-state index contributed by atoms with van der Waals surface area (Å²) in [6.07, 6.45) is 3.91. The molecular formula is C24H30N6O2. The van der Waals surface area contributed by atoms with E-state index in [1.54, 1.807) is 7.05 Å². The number of amides is 2. The lowest BCUT2D eigenvalue weighted by Gasteiger charge is -2.37. The van der Waals surface area contributed by atoms with E-state index in [0.29, 0.717) is 5.56 Å². The Bertz CT molecular complexity index is 1050. The zero-order valence-electron chi connectivity index (χ0n) is 18.7. The molecule has 2 amide bonds. The molecular weight excluding hydrogens is 404 g/mol. The van der Waals surface area contributed by atoms with Crippen LogP contribution in [0.4, 0.5) is 17.2 Å². The third-order valence-corrected chi connectivity index (χ3v) is 6.81. The number of nitrogens with one attached hydrogen (secondary N) is 2. The largest absolute Gasteiger partial charge is 0.369 e. The lowest BCUT2D eigenvalue weighted by molar-refractivity contribution is -0.117. The van der Waals surface area contributed by atoms with Crippen molar-refractivity contribution in [1.82, 2.24) is 15.2 Å². The molecule has 0 bridgehead atoms. The Morgan fingerprint density at radius 1 is 1.19 bits per heavy atom. The molecule has 0 spiro atoms. The van der Waals surface area contributed by atoms with Crippen molar-refractivity contribution < 1.29 is 9.59 Å². The van der Waals surface area contributed by atoms with Crippen LogP contribution in [0.25, 0.3) is 0 Å². The SMILES string of the molecule is CNC(=O)c1ccc(N2CCN(Cc3cnc4c(c3)NC(=O)C3CCCN43)CC2)c(C)c1. The highest BCUT2D eigenvalue weighted by atomic mass is 16.2. The zero-order valence-corrected chi connectivity index (χ0v) is 18.7. The summed E-state index contributed by atoms with van der Waals surface area (Å²) >= 11 is 0. The van der Waals surface area contributed by atoms with Gasteiger partial charge >= 0.3 is 0 Å². The van der Waals surface area contributed by atoms with Gasteiger partial charge in [0.1, 0.15) is 6.04 Å². The van der Waals surface area contributed by atoms with Crippen molar-refractivity contribution >= 4 is 29.0 Å². The van der Waals surface area contributed by atoms with Crippen LogP contribution in [0.5, 0.6) is 0 Å². The van der Waals surface area contributed by atoms with Crippen molar-refractivity contribution in [3.63, 3.8) is 0 Å². The van der Waals surface area contributed by atoms with Crippen LogP contribution in [0.1, 0.15) is 34.3 Å². The van der Waals surface area contributed by atoms with Gasteiger partial charge in [-0.05, 0) is 55.2 Å². The van der Waals surface area contributed by atoms with E-state index in [9.17, 15) is 9.59 Å². The standard InChI is InChI=1S/C24H30N6O2/c1-16-12-18(23(31)25-2)5-6-20(16)29-10-8-28(9-11-29)15-17-13-19-22(26-14-17)30-7-3-4-21(30)24(32)27-19/h5-6,12-14,21H,3-4,7-11,15H2,1-2H3,(H,25,31)(H,27,32). The predicted molar refractivity (Wildman–Crippen MR) is 125 cm³/mol. The third-order valence-electron chi connectivity index (χ3n) is 6.81. The molecule has 32 heavy (non-hydrogen) atoms. The number of benzene rings is 1. The molecule has 1 aromatic carbocycles. The number of fused-ring (bicyclic) bond motifs is 3. The normalized spacial score (nSPS) is 20.6. The van der Waals surface area contributed by atoms with E-state index in [1.165, 1.54) is 5.69 Å². The lowest BCUT2D eigenvalue weighted by atomic mass is 10.1. The molecule has 1 unspecified atom stereocenters. The van der Waals surface area contributed by atoms with E-state index < -0.39 is 0 Å². The summed E-state index contributed by atoms with van der Waals surface area (Å²) in [5.74, 6) is 0.955. The van der Waals surface area contributed by atoms with Crippen LogP contribution >= 0.6 is 0 Å². The monoisotopic (exact) mass is 434 g/mol. The Morgan fingerprint density at radius 2 is 2.00 bits per heavy atom. The summed E-state index contributed by atoms with van der Waals surface area (Å²) in [6.45, 7) is 7.56. The highest BCUT2D eigenvalue weighted by molar-refractivity contribution is 6.03. The predicted octanol–water partition coefficient (Wildman–Crippen LogP) is 1.99. The van der Waals surface area contributed by atoms with E-state index >= 15 is 0 Å². The van der Waals surface area contributed by atoms with E-state index in [2.05, 4.69) is 44.4 Å². The van der Waals surface area contributed by atoms with Crippen molar-refractivity contribution in [3.8, 4) is 0 Å². The van der Waals surface area contributed by atoms with E-state index in [0.717, 1.165) is 74.7 Å². The number of rotatable bonds is 4. The number of hydrogen-bond acceptors (Lipinski definition) is 6. The topological polar surface area (TPSA) is 80.8 Å². The fourth-order valence-electron chi connectivity index (χ4n) is 5.12. The second-order valence-electron chi connectivity index (χ2n) is 8.90. The molecule has 0 radical (unpaired) electrons. The lowest BCUT2D eigenvalue weighted by Crippen LogP contribution is -2.46. The summed E-state index contributed by atoms with van der Waals surface area (Å²) in [5.41, 5.74) is 4.97. The molecule has 3 aliphatic heterocycles. The second kappa shape index (κ2) is 8.43. The quantitative estimate of drug-likeness (QED) is 0.766. The number of anilines is 3. The minimum atomic E-state index is -0.0560. The number of aromatic nitrogens is 1. The summed E-state index contributed by atoms with van der Waals surface area (Å²) in [7, 11) is 1.65. The fraction of sp³-hybridized carbons (Fsp3) is 0.458. The van der Waals surface area contributed by atoms with Gasteiger partial charge in [0.15, 0.2) is 5.82 Å². The van der Waals surface area contributed by atoms with Gasteiger partial charge in [0, 0.05) is 63.8 Å². The Kier molecular flexibility index (Phi) is 5.46. The first-order valence-corrected chi connectivity index (χ1v) is 11.4. The minimum Gasteiger partial charge on any atom is -0.369 e. The molecule has 1 atom stereocenters. The molecule has 2 fully saturated rings. The van der Waals surface area contributed by atoms with Gasteiger partial charge in [-0.3, -0.25) is 14.5 Å². The van der Waals surface area contributed by atoms with Crippen LogP contribution in [-0.2, 0) is 11.3 Å². The Balaban J connectivity index is 1.22. The maximum Gasteiger partial charge on any atom is 0.251 e. The first-order chi connectivity index (χ1) is 15.5.